The Morgan fingerprint density at radius 3 is 2.57 bits per heavy atom. The van der Waals surface area contributed by atoms with E-state index in [1.54, 1.807) is 32.4 Å². The summed E-state index contributed by atoms with van der Waals surface area (Å²) in [7, 11) is 5.37. The van der Waals surface area contributed by atoms with E-state index in [0.29, 0.717) is 53.4 Å². The topological polar surface area (TPSA) is 82.6 Å². The Kier molecular flexibility index (Phi) is 6.26. The van der Waals surface area contributed by atoms with E-state index in [0.717, 1.165) is 11.1 Å². The van der Waals surface area contributed by atoms with Gasteiger partial charge in [0.05, 0.1) is 40.7 Å². The Hall–Kier alpha value is -2.92. The Labute approximate surface area is 165 Å². The lowest BCUT2D eigenvalue weighted by Crippen LogP contribution is -2.11. The van der Waals surface area contributed by atoms with Crippen molar-refractivity contribution in [3.05, 3.63) is 54.2 Å². The van der Waals surface area contributed by atoms with Gasteiger partial charge in [0.1, 0.15) is 12.1 Å². The molecule has 2 aromatic rings. The highest BCUT2D eigenvalue weighted by atomic mass is 31.0. The number of fused-ring (bicyclic) bond motifs is 1. The van der Waals surface area contributed by atoms with Crippen LogP contribution in [0.25, 0.3) is 10.9 Å². The standard InChI is InChI=1S/C20H22N3O4P/c1-12-15(8-7-13(27-28)5-4-6-17(12)24)23-20-14-9-18(25-2)19(26-3)10-16(14)21-11-22-20/h7-11H,1,4-6,28H2,2-3H3,(H,21,22,23)/b13-7+,15-8?. The average molecular weight is 399 g/mol. The second-order valence-electron chi connectivity index (χ2n) is 6.16. The molecule has 1 aliphatic rings. The summed E-state index contributed by atoms with van der Waals surface area (Å²) in [5.41, 5.74) is 1.63. The van der Waals surface area contributed by atoms with Crippen molar-refractivity contribution in [2.24, 2.45) is 0 Å². The molecule has 7 nitrogen and oxygen atoms in total. The van der Waals surface area contributed by atoms with Crippen LogP contribution in [0.1, 0.15) is 19.3 Å². The fraction of sp³-hybridized carbons (Fsp3) is 0.250. The third-order valence-corrected chi connectivity index (χ3v) is 4.77. The van der Waals surface area contributed by atoms with Crippen LogP contribution in [0.4, 0.5) is 5.82 Å². The fourth-order valence-corrected chi connectivity index (χ4v) is 3.11. The number of hydrogen-bond donors (Lipinski definition) is 1. The van der Waals surface area contributed by atoms with Crippen LogP contribution in [0, 0.1) is 0 Å². The monoisotopic (exact) mass is 399 g/mol. The van der Waals surface area contributed by atoms with Crippen molar-refractivity contribution in [1.29, 1.82) is 0 Å². The first-order valence-corrected chi connectivity index (χ1v) is 9.18. The molecule has 0 spiro atoms. The number of methoxy groups -OCH3 is 2. The van der Waals surface area contributed by atoms with E-state index in [9.17, 15) is 4.79 Å². The molecule has 1 aromatic heterocycles. The van der Waals surface area contributed by atoms with E-state index >= 15 is 0 Å². The molecule has 0 aliphatic heterocycles. The van der Waals surface area contributed by atoms with Gasteiger partial charge in [-0.1, -0.05) is 6.58 Å². The molecule has 3 rings (SSSR count). The van der Waals surface area contributed by atoms with Crippen molar-refractivity contribution < 1.29 is 18.8 Å². The van der Waals surface area contributed by atoms with E-state index in [1.807, 2.05) is 6.08 Å². The maximum atomic E-state index is 12.4. The number of rotatable bonds is 5. The van der Waals surface area contributed by atoms with Crippen LogP contribution in [-0.2, 0) is 9.32 Å². The molecule has 0 bridgehead atoms. The Balaban J connectivity index is 2.06. The van der Waals surface area contributed by atoms with Crippen LogP contribution in [0.15, 0.2) is 54.2 Å². The predicted molar refractivity (Wildman–Crippen MR) is 111 cm³/mol. The molecule has 28 heavy (non-hydrogen) atoms. The van der Waals surface area contributed by atoms with Crippen molar-refractivity contribution in [3.63, 3.8) is 0 Å². The molecular weight excluding hydrogens is 377 g/mol. The molecule has 1 aromatic carbocycles. The van der Waals surface area contributed by atoms with E-state index in [1.165, 1.54) is 6.33 Å². The molecule has 0 saturated carbocycles. The van der Waals surface area contributed by atoms with E-state index in [2.05, 4.69) is 31.3 Å². The van der Waals surface area contributed by atoms with Crippen molar-refractivity contribution in [2.45, 2.75) is 19.3 Å². The smallest absolute Gasteiger partial charge is 0.164 e. The summed E-state index contributed by atoms with van der Waals surface area (Å²) in [5, 5.41) is 3.95. The van der Waals surface area contributed by atoms with Crippen molar-refractivity contribution in [2.75, 3.05) is 19.5 Å². The second-order valence-corrected chi connectivity index (χ2v) is 6.39. The average Bonchev–Trinajstić information content (AvgIpc) is 2.78. The number of nitrogens with zero attached hydrogens (tertiary/aromatic N) is 2. The Morgan fingerprint density at radius 2 is 1.86 bits per heavy atom. The van der Waals surface area contributed by atoms with Crippen LogP contribution in [0.5, 0.6) is 11.5 Å². The van der Waals surface area contributed by atoms with Gasteiger partial charge in [-0.05, 0) is 24.6 Å². The van der Waals surface area contributed by atoms with Crippen molar-refractivity contribution in [1.82, 2.24) is 9.97 Å². The predicted octanol–water partition coefficient (Wildman–Crippen LogP) is 3.94. The second kappa shape index (κ2) is 8.85. The first-order chi connectivity index (χ1) is 13.6. The lowest BCUT2D eigenvalue weighted by atomic mass is 10.0. The first kappa shape index (κ1) is 19.8. The number of nitrogens with one attached hydrogen (secondary N) is 1. The van der Waals surface area contributed by atoms with Gasteiger partial charge in [0.25, 0.3) is 0 Å². The van der Waals surface area contributed by atoms with Crippen LogP contribution in [-0.4, -0.2) is 30.0 Å². The van der Waals surface area contributed by atoms with E-state index in [-0.39, 0.29) is 5.78 Å². The van der Waals surface area contributed by atoms with Gasteiger partial charge in [-0.3, -0.25) is 4.79 Å². The molecule has 1 N–H and O–H groups in total. The van der Waals surface area contributed by atoms with Gasteiger partial charge in [0, 0.05) is 29.9 Å². The van der Waals surface area contributed by atoms with Gasteiger partial charge in [0.15, 0.2) is 17.3 Å². The molecule has 0 fully saturated rings. The molecule has 0 saturated heterocycles. The summed E-state index contributed by atoms with van der Waals surface area (Å²) in [6.07, 6.45) is 6.83. The number of anilines is 1. The summed E-state index contributed by atoms with van der Waals surface area (Å²) in [6, 6.07) is 3.57. The van der Waals surface area contributed by atoms with Crippen LogP contribution in [0.2, 0.25) is 0 Å². The summed E-state index contributed by atoms with van der Waals surface area (Å²) in [4.78, 5) is 21.1. The molecule has 8 heteroatoms. The summed E-state index contributed by atoms with van der Waals surface area (Å²) < 4.78 is 16.0. The summed E-state index contributed by atoms with van der Waals surface area (Å²) in [5.74, 6) is 2.42. The fourth-order valence-electron chi connectivity index (χ4n) is 2.91. The molecular formula is C20H22N3O4P. The number of allylic oxidation sites excluding steroid dienone is 4. The molecule has 1 unspecified atom stereocenters. The Bertz CT molecular complexity index is 985. The van der Waals surface area contributed by atoms with E-state index < -0.39 is 0 Å². The molecule has 1 atom stereocenters. The number of carbonyl (C=O) groups is 1. The lowest BCUT2D eigenvalue weighted by molar-refractivity contribution is -0.115. The zero-order valence-electron chi connectivity index (χ0n) is 15.8. The maximum absolute atomic E-state index is 12.4. The minimum Gasteiger partial charge on any atom is -0.493 e. The van der Waals surface area contributed by atoms with Gasteiger partial charge in [-0.15, -0.1) is 0 Å². The number of carbonyl (C=O) groups excluding carboxylic acids is 1. The number of benzene rings is 1. The van der Waals surface area contributed by atoms with Crippen molar-refractivity contribution in [3.8, 4) is 11.5 Å². The highest BCUT2D eigenvalue weighted by Crippen LogP contribution is 2.34. The highest BCUT2D eigenvalue weighted by molar-refractivity contribution is 7.10. The first-order valence-electron chi connectivity index (χ1n) is 8.71. The maximum Gasteiger partial charge on any atom is 0.164 e. The third-order valence-electron chi connectivity index (χ3n) is 4.47. The number of Topliss-reactive ketones (excluding diaryl/α,β-unsaturated/α-hetero) is 1. The minimum absolute atomic E-state index is 0.0187. The minimum atomic E-state index is -0.0187. The SMILES string of the molecule is C=C1C(=O)CCC/C(OP)=C\C=C1Nc1ncnc2cc(OC)c(OC)cc12. The number of hydrogen-bond acceptors (Lipinski definition) is 7. The van der Waals surface area contributed by atoms with Crippen LogP contribution < -0.4 is 14.8 Å². The highest BCUT2D eigenvalue weighted by Gasteiger charge is 2.17. The molecule has 1 aliphatic carbocycles. The molecule has 1 heterocycles. The molecule has 0 amide bonds. The van der Waals surface area contributed by atoms with Gasteiger partial charge >= 0.3 is 0 Å². The largest absolute Gasteiger partial charge is 0.493 e. The zero-order valence-corrected chi connectivity index (χ0v) is 17.0. The van der Waals surface area contributed by atoms with Gasteiger partial charge in [-0.2, -0.15) is 0 Å². The number of aromatic nitrogens is 2. The molecule has 0 radical (unpaired) electrons. The van der Waals surface area contributed by atoms with Crippen LogP contribution >= 0.6 is 9.47 Å². The van der Waals surface area contributed by atoms with Gasteiger partial charge in [0.2, 0.25) is 0 Å². The van der Waals surface area contributed by atoms with Gasteiger partial charge in [-0.25, -0.2) is 9.97 Å². The number of ketones is 1. The van der Waals surface area contributed by atoms with Crippen molar-refractivity contribution >= 4 is 32.0 Å². The quantitative estimate of drug-likeness (QED) is 0.602. The Morgan fingerprint density at radius 1 is 1.11 bits per heavy atom. The summed E-state index contributed by atoms with van der Waals surface area (Å²) in [6.45, 7) is 3.96. The normalized spacial score (nSPS) is 17.0. The summed E-state index contributed by atoms with van der Waals surface area (Å²) >= 11 is 0. The van der Waals surface area contributed by atoms with Crippen LogP contribution in [0.3, 0.4) is 0 Å². The number of ether oxygens (including phenoxy) is 2. The lowest BCUT2D eigenvalue weighted by Gasteiger charge is -2.14. The zero-order chi connectivity index (χ0) is 20.1. The molecule has 146 valence electrons. The third kappa shape index (κ3) is 4.15. The van der Waals surface area contributed by atoms with Gasteiger partial charge < -0.3 is 19.3 Å². The van der Waals surface area contributed by atoms with E-state index in [4.69, 9.17) is 14.0 Å².